The summed E-state index contributed by atoms with van der Waals surface area (Å²) in [6.07, 6.45) is 9.64. The Morgan fingerprint density at radius 1 is 1.02 bits per heavy atom. The van der Waals surface area contributed by atoms with Gasteiger partial charge in [-0.3, -0.25) is 19.3 Å². The van der Waals surface area contributed by atoms with E-state index in [1.807, 2.05) is 19.1 Å². The van der Waals surface area contributed by atoms with Crippen LogP contribution in [-0.2, 0) is 23.9 Å². The molecule has 2 N–H and O–H groups in total. The number of amides is 3. The highest BCUT2D eigenvalue weighted by atomic mass is 35.5. The molecule has 1 aromatic carbocycles. The molecule has 11 heteroatoms. The third-order valence-electron chi connectivity index (χ3n) is 9.44. The number of hydrogen-bond donors (Lipinski definition) is 2. The predicted octanol–water partition coefficient (Wildman–Crippen LogP) is 3.64. The maximum absolute atomic E-state index is 14.2. The number of carbonyl (C=O) groups is 3. The molecule has 5 aliphatic rings. The summed E-state index contributed by atoms with van der Waals surface area (Å²) in [5, 5.41) is 6.87. The van der Waals surface area contributed by atoms with Gasteiger partial charge in [0, 0.05) is 37.9 Å². The lowest BCUT2D eigenvalue weighted by Gasteiger charge is -2.35. The Labute approximate surface area is 250 Å². The van der Waals surface area contributed by atoms with Crippen LogP contribution in [0.3, 0.4) is 0 Å². The van der Waals surface area contributed by atoms with Gasteiger partial charge in [0.1, 0.15) is 11.6 Å². The quantitative estimate of drug-likeness (QED) is 0.439. The number of nitrogens with one attached hydrogen (secondary N) is 2. The van der Waals surface area contributed by atoms with Crippen LogP contribution < -0.4 is 10.6 Å². The first kappa shape index (κ1) is 28.9. The number of nitrogens with zero attached hydrogens (tertiary/aromatic N) is 2. The number of ether oxygens (including phenoxy) is 2. The highest BCUT2D eigenvalue weighted by Gasteiger charge is 2.76. The van der Waals surface area contributed by atoms with Crippen molar-refractivity contribution < 1.29 is 23.9 Å². The van der Waals surface area contributed by atoms with Gasteiger partial charge in [0.25, 0.3) is 0 Å². The van der Waals surface area contributed by atoms with E-state index in [0.29, 0.717) is 41.9 Å². The molecule has 6 rings (SSSR count). The zero-order valence-corrected chi connectivity index (χ0v) is 24.9. The molecule has 3 amide bonds. The fraction of sp³-hybridized carbons (Fsp3) is 0.633. The molecule has 5 unspecified atom stereocenters. The van der Waals surface area contributed by atoms with E-state index in [1.165, 1.54) is 6.42 Å². The number of carbonyl (C=O) groups excluding carboxylic acids is 3. The van der Waals surface area contributed by atoms with Gasteiger partial charge in [0.05, 0.1) is 40.7 Å². The van der Waals surface area contributed by atoms with Gasteiger partial charge >= 0.3 is 0 Å². The van der Waals surface area contributed by atoms with E-state index in [4.69, 9.17) is 32.7 Å². The van der Waals surface area contributed by atoms with Crippen LogP contribution >= 0.6 is 23.2 Å². The van der Waals surface area contributed by atoms with Crippen molar-refractivity contribution in [3.8, 4) is 0 Å². The molecule has 1 saturated carbocycles. The molecule has 4 fully saturated rings. The number of benzene rings is 1. The van der Waals surface area contributed by atoms with Crippen LogP contribution in [0, 0.1) is 11.8 Å². The number of anilines is 1. The first-order valence-electron chi connectivity index (χ1n) is 14.8. The average Bonchev–Trinajstić information content (AvgIpc) is 3.52. The van der Waals surface area contributed by atoms with Gasteiger partial charge in [0.2, 0.25) is 17.7 Å². The molecule has 41 heavy (non-hydrogen) atoms. The molecule has 1 aliphatic carbocycles. The normalized spacial score (nSPS) is 33.3. The van der Waals surface area contributed by atoms with E-state index >= 15 is 0 Å². The minimum atomic E-state index is -1.21. The zero-order chi connectivity index (χ0) is 28.8. The maximum atomic E-state index is 14.2. The van der Waals surface area contributed by atoms with Crippen LogP contribution in [-0.4, -0.2) is 90.2 Å². The van der Waals surface area contributed by atoms with Crippen molar-refractivity contribution >= 4 is 46.6 Å². The fourth-order valence-corrected chi connectivity index (χ4v) is 7.78. The molecule has 1 aromatic rings. The molecule has 0 radical (unpaired) electrons. The molecule has 4 heterocycles. The van der Waals surface area contributed by atoms with E-state index < -0.39 is 29.1 Å². The Morgan fingerprint density at radius 3 is 2.51 bits per heavy atom. The summed E-state index contributed by atoms with van der Waals surface area (Å²) < 4.78 is 12.1. The largest absolute Gasteiger partial charge is 0.379 e. The summed E-state index contributed by atoms with van der Waals surface area (Å²) in [6.45, 7) is 6.15. The first-order valence-corrected chi connectivity index (χ1v) is 15.5. The van der Waals surface area contributed by atoms with Crippen LogP contribution in [0.15, 0.2) is 30.4 Å². The van der Waals surface area contributed by atoms with Crippen molar-refractivity contribution in [2.24, 2.45) is 11.8 Å². The number of fused-ring (bicyclic) bond motifs is 1. The molecular formula is C30H38Cl2N4O5. The fourth-order valence-electron chi connectivity index (χ4n) is 7.48. The summed E-state index contributed by atoms with van der Waals surface area (Å²) in [7, 11) is 0. The number of morpholine rings is 1. The Morgan fingerprint density at radius 2 is 1.78 bits per heavy atom. The minimum Gasteiger partial charge on any atom is -0.379 e. The third kappa shape index (κ3) is 5.29. The zero-order valence-electron chi connectivity index (χ0n) is 23.4. The van der Waals surface area contributed by atoms with Crippen molar-refractivity contribution in [3.05, 3.63) is 40.4 Å². The van der Waals surface area contributed by atoms with Gasteiger partial charge in [-0.15, -0.1) is 0 Å². The van der Waals surface area contributed by atoms with Crippen molar-refractivity contribution in [2.45, 2.75) is 68.7 Å². The molecule has 9 nitrogen and oxygen atoms in total. The lowest BCUT2D eigenvalue weighted by Crippen LogP contribution is -2.57. The third-order valence-corrected chi connectivity index (χ3v) is 10.2. The standard InChI is InChI=1S/C30H38Cl2N4O5/c1-29-10-11-30(41-29)24(23(29)26(37)34-20-8-9-21(31)22(32)18-20)28(39)36(13-5-12-35-14-16-40-17-15-35)25(30)27(38)33-19-6-3-2-4-7-19/h8-11,18-19,23-25H,2-7,12-17H2,1H3,(H,33,38)(H,34,37). The van der Waals surface area contributed by atoms with E-state index in [2.05, 4.69) is 15.5 Å². The molecule has 222 valence electrons. The molecular weight excluding hydrogens is 567 g/mol. The Balaban J connectivity index is 1.27. The topological polar surface area (TPSA) is 100 Å². The lowest BCUT2D eigenvalue weighted by molar-refractivity contribution is -0.144. The summed E-state index contributed by atoms with van der Waals surface area (Å²) in [6, 6.07) is 4.11. The minimum absolute atomic E-state index is 0.0870. The second-order valence-electron chi connectivity index (χ2n) is 12.1. The highest BCUT2D eigenvalue weighted by molar-refractivity contribution is 6.42. The van der Waals surface area contributed by atoms with Gasteiger partial charge in [0.15, 0.2) is 0 Å². The van der Waals surface area contributed by atoms with Crippen LogP contribution in [0.2, 0.25) is 10.0 Å². The molecule has 5 atom stereocenters. The van der Waals surface area contributed by atoms with E-state index in [-0.39, 0.29) is 23.8 Å². The lowest BCUT2D eigenvalue weighted by atomic mass is 9.70. The van der Waals surface area contributed by atoms with Crippen molar-refractivity contribution in [1.82, 2.24) is 15.1 Å². The molecule has 0 aromatic heterocycles. The van der Waals surface area contributed by atoms with Gasteiger partial charge < -0.3 is 25.0 Å². The Kier molecular flexibility index (Phi) is 8.11. The monoisotopic (exact) mass is 604 g/mol. The highest BCUT2D eigenvalue weighted by Crippen LogP contribution is 2.59. The number of hydrogen-bond acceptors (Lipinski definition) is 6. The van der Waals surface area contributed by atoms with Crippen molar-refractivity contribution in [3.63, 3.8) is 0 Å². The Hall–Kier alpha value is -2.17. The van der Waals surface area contributed by atoms with Crippen LogP contribution in [0.5, 0.6) is 0 Å². The summed E-state index contributed by atoms with van der Waals surface area (Å²) in [5.41, 5.74) is -1.75. The molecule has 1 spiro atoms. The molecule has 2 bridgehead atoms. The summed E-state index contributed by atoms with van der Waals surface area (Å²) >= 11 is 12.2. The first-order chi connectivity index (χ1) is 19.7. The SMILES string of the molecule is CC12C=CC3(O1)C(C(=O)N(CCCN1CCOCC1)C3C(=O)NC1CCCCC1)C2C(=O)Nc1ccc(Cl)c(Cl)c1. The van der Waals surface area contributed by atoms with E-state index in [0.717, 1.165) is 45.3 Å². The van der Waals surface area contributed by atoms with Crippen molar-refractivity contribution in [1.29, 1.82) is 0 Å². The van der Waals surface area contributed by atoms with Crippen LogP contribution in [0.1, 0.15) is 45.4 Å². The van der Waals surface area contributed by atoms with E-state index in [1.54, 1.807) is 23.1 Å². The smallest absolute Gasteiger partial charge is 0.246 e. The summed E-state index contributed by atoms with van der Waals surface area (Å²) in [4.78, 5) is 46.1. The van der Waals surface area contributed by atoms with Gasteiger partial charge in [-0.05, 0) is 44.4 Å². The van der Waals surface area contributed by atoms with Crippen molar-refractivity contribution in [2.75, 3.05) is 44.7 Å². The van der Waals surface area contributed by atoms with Crippen LogP contribution in [0.25, 0.3) is 0 Å². The maximum Gasteiger partial charge on any atom is 0.246 e. The van der Waals surface area contributed by atoms with Gasteiger partial charge in [-0.1, -0.05) is 54.6 Å². The summed E-state index contributed by atoms with van der Waals surface area (Å²) in [5.74, 6) is -2.39. The van der Waals surface area contributed by atoms with Crippen LogP contribution in [0.4, 0.5) is 5.69 Å². The predicted molar refractivity (Wildman–Crippen MR) is 156 cm³/mol. The van der Waals surface area contributed by atoms with Gasteiger partial charge in [-0.2, -0.15) is 0 Å². The Bertz CT molecular complexity index is 1230. The van der Waals surface area contributed by atoms with E-state index in [9.17, 15) is 14.4 Å². The average molecular weight is 606 g/mol. The molecule has 4 aliphatic heterocycles. The number of rotatable bonds is 8. The molecule has 3 saturated heterocycles. The number of halogens is 2. The van der Waals surface area contributed by atoms with Gasteiger partial charge in [-0.25, -0.2) is 0 Å². The number of likely N-dealkylation sites (tertiary alicyclic amines) is 1. The second-order valence-corrected chi connectivity index (χ2v) is 12.9. The second kappa shape index (κ2) is 11.5.